The molecule has 0 saturated heterocycles. The monoisotopic (exact) mass is 230 g/mol. The summed E-state index contributed by atoms with van der Waals surface area (Å²) in [5.74, 6) is 1.28. The Kier molecular flexibility index (Phi) is 6.77. The smallest absolute Gasteiger partial charge is 0.192 e. The topological polar surface area (TPSA) is 9.23 Å². The van der Waals surface area contributed by atoms with Gasteiger partial charge in [-0.1, -0.05) is 48.5 Å². The first kappa shape index (κ1) is 15.2. The summed E-state index contributed by atoms with van der Waals surface area (Å²) in [6.45, 7) is 16.0. The first-order chi connectivity index (χ1) is 6.92. The quantitative estimate of drug-likeness (QED) is 0.577. The van der Waals surface area contributed by atoms with Crippen LogP contribution in [0.2, 0.25) is 18.1 Å². The molecule has 0 aliphatic rings. The normalized spacial score (nSPS) is 13.2. The van der Waals surface area contributed by atoms with Crippen LogP contribution in [0.15, 0.2) is 0 Å². The highest BCUT2D eigenvalue weighted by Gasteiger charge is 2.33. The van der Waals surface area contributed by atoms with Gasteiger partial charge in [0, 0.05) is 6.10 Å². The maximum Gasteiger partial charge on any atom is 0.192 e. The van der Waals surface area contributed by atoms with Gasteiger partial charge in [-0.2, -0.15) is 0 Å². The Morgan fingerprint density at radius 3 is 1.33 bits per heavy atom. The lowest BCUT2D eigenvalue weighted by atomic mass is 9.97. The molecule has 0 aliphatic carbocycles. The largest absolute Gasteiger partial charge is 0.413 e. The molecule has 0 N–H and O–H groups in total. The van der Waals surface area contributed by atoms with Crippen LogP contribution < -0.4 is 0 Å². The highest BCUT2D eigenvalue weighted by molar-refractivity contribution is 6.73. The molecule has 0 heterocycles. The van der Waals surface area contributed by atoms with E-state index in [1.54, 1.807) is 0 Å². The Labute approximate surface area is 97.7 Å². The lowest BCUT2D eigenvalue weighted by molar-refractivity contribution is 0.0929. The van der Waals surface area contributed by atoms with Crippen LogP contribution in [-0.2, 0) is 4.43 Å². The van der Waals surface area contributed by atoms with Crippen molar-refractivity contribution >= 4 is 8.32 Å². The fraction of sp³-hybridized carbons (Fsp3) is 1.00. The molecule has 92 valence electrons. The fourth-order valence-corrected chi connectivity index (χ4v) is 5.45. The fourth-order valence-electron chi connectivity index (χ4n) is 2.33. The Morgan fingerprint density at radius 1 is 0.800 bits per heavy atom. The minimum Gasteiger partial charge on any atom is -0.413 e. The number of rotatable bonds is 7. The molecule has 0 saturated carbocycles. The molecule has 0 fully saturated rings. The van der Waals surface area contributed by atoms with Crippen LogP contribution in [0, 0.1) is 11.8 Å². The molecule has 15 heavy (non-hydrogen) atoms. The summed E-state index contributed by atoms with van der Waals surface area (Å²) >= 11 is 0. The third kappa shape index (κ3) is 4.27. The molecule has 2 heteroatoms. The standard InChI is InChI=1S/C13H30OSi/c1-8-15(9-2,10-3)14-13(11(4)5)12(6)7/h11-13H,8-10H2,1-7H3. The van der Waals surface area contributed by atoms with E-state index in [0.717, 1.165) is 0 Å². The first-order valence-electron chi connectivity index (χ1n) is 6.60. The van der Waals surface area contributed by atoms with Gasteiger partial charge in [0.15, 0.2) is 8.32 Å². The highest BCUT2D eigenvalue weighted by atomic mass is 28.4. The van der Waals surface area contributed by atoms with Crippen molar-refractivity contribution in [3.8, 4) is 0 Å². The van der Waals surface area contributed by atoms with E-state index in [-0.39, 0.29) is 0 Å². The maximum atomic E-state index is 6.55. The minimum absolute atomic E-state index is 0.455. The van der Waals surface area contributed by atoms with E-state index < -0.39 is 8.32 Å². The third-order valence-corrected chi connectivity index (χ3v) is 8.27. The van der Waals surface area contributed by atoms with Gasteiger partial charge in [0.05, 0.1) is 0 Å². The molecule has 0 aromatic rings. The minimum atomic E-state index is -1.41. The van der Waals surface area contributed by atoms with Gasteiger partial charge in [-0.05, 0) is 30.0 Å². The van der Waals surface area contributed by atoms with Gasteiger partial charge in [-0.3, -0.25) is 0 Å². The van der Waals surface area contributed by atoms with E-state index in [0.29, 0.717) is 17.9 Å². The van der Waals surface area contributed by atoms with Crippen LogP contribution in [0.25, 0.3) is 0 Å². The van der Waals surface area contributed by atoms with E-state index in [4.69, 9.17) is 4.43 Å². The Bertz CT molecular complexity index is 146. The van der Waals surface area contributed by atoms with Gasteiger partial charge in [-0.25, -0.2) is 0 Å². The predicted molar refractivity (Wildman–Crippen MR) is 71.7 cm³/mol. The summed E-state index contributed by atoms with van der Waals surface area (Å²) in [6.07, 6.45) is 0.455. The number of hydrogen-bond acceptors (Lipinski definition) is 1. The van der Waals surface area contributed by atoms with Crippen molar-refractivity contribution in [3.05, 3.63) is 0 Å². The van der Waals surface area contributed by atoms with Gasteiger partial charge in [0.2, 0.25) is 0 Å². The molecule has 0 radical (unpaired) electrons. The Morgan fingerprint density at radius 2 is 1.13 bits per heavy atom. The highest BCUT2D eigenvalue weighted by Crippen LogP contribution is 2.28. The first-order valence-corrected chi connectivity index (χ1v) is 9.13. The van der Waals surface area contributed by atoms with Crippen molar-refractivity contribution in [2.45, 2.75) is 72.7 Å². The zero-order valence-corrected chi connectivity index (χ0v) is 12.8. The molecule has 0 rings (SSSR count). The molecule has 0 aromatic carbocycles. The van der Waals surface area contributed by atoms with Gasteiger partial charge < -0.3 is 4.43 Å². The van der Waals surface area contributed by atoms with Crippen molar-refractivity contribution in [1.29, 1.82) is 0 Å². The molecule has 0 aliphatic heterocycles. The zero-order valence-electron chi connectivity index (χ0n) is 11.8. The van der Waals surface area contributed by atoms with Crippen molar-refractivity contribution in [2.24, 2.45) is 11.8 Å². The molecule has 0 unspecified atom stereocenters. The lowest BCUT2D eigenvalue weighted by Gasteiger charge is -2.37. The molecular weight excluding hydrogens is 200 g/mol. The van der Waals surface area contributed by atoms with Crippen LogP contribution in [0.3, 0.4) is 0 Å². The van der Waals surface area contributed by atoms with Crippen molar-refractivity contribution < 1.29 is 4.43 Å². The van der Waals surface area contributed by atoms with Gasteiger partial charge in [0.1, 0.15) is 0 Å². The maximum absolute atomic E-state index is 6.55. The van der Waals surface area contributed by atoms with Crippen LogP contribution in [-0.4, -0.2) is 14.4 Å². The van der Waals surface area contributed by atoms with Crippen molar-refractivity contribution in [3.63, 3.8) is 0 Å². The van der Waals surface area contributed by atoms with Crippen LogP contribution >= 0.6 is 0 Å². The average Bonchev–Trinajstić information content (AvgIpc) is 2.20. The van der Waals surface area contributed by atoms with Crippen LogP contribution in [0.4, 0.5) is 0 Å². The second-order valence-electron chi connectivity index (χ2n) is 5.31. The Balaban J connectivity index is 4.61. The van der Waals surface area contributed by atoms with E-state index in [9.17, 15) is 0 Å². The molecular formula is C13H30OSi. The number of hydrogen-bond donors (Lipinski definition) is 0. The zero-order chi connectivity index (χ0) is 12.1. The molecule has 0 amide bonds. The Hall–Kier alpha value is 0.177. The van der Waals surface area contributed by atoms with Crippen LogP contribution in [0.1, 0.15) is 48.5 Å². The summed E-state index contributed by atoms with van der Waals surface area (Å²) in [5, 5.41) is 0. The second kappa shape index (κ2) is 6.69. The van der Waals surface area contributed by atoms with Crippen LogP contribution in [0.5, 0.6) is 0 Å². The molecule has 0 aromatic heterocycles. The summed E-state index contributed by atoms with van der Waals surface area (Å²) in [5.41, 5.74) is 0. The third-order valence-electron chi connectivity index (χ3n) is 3.63. The summed E-state index contributed by atoms with van der Waals surface area (Å²) in [6, 6.07) is 3.78. The van der Waals surface area contributed by atoms with Gasteiger partial charge >= 0.3 is 0 Å². The summed E-state index contributed by atoms with van der Waals surface area (Å²) in [7, 11) is -1.41. The molecule has 1 nitrogen and oxygen atoms in total. The van der Waals surface area contributed by atoms with Gasteiger partial charge in [0.25, 0.3) is 0 Å². The van der Waals surface area contributed by atoms with E-state index >= 15 is 0 Å². The molecule has 0 bridgehead atoms. The second-order valence-corrected chi connectivity index (χ2v) is 10.0. The molecule has 0 atom stereocenters. The lowest BCUT2D eigenvalue weighted by Crippen LogP contribution is -2.43. The van der Waals surface area contributed by atoms with Crippen molar-refractivity contribution in [2.75, 3.05) is 0 Å². The summed E-state index contributed by atoms with van der Waals surface area (Å²) in [4.78, 5) is 0. The van der Waals surface area contributed by atoms with E-state index in [2.05, 4.69) is 48.5 Å². The van der Waals surface area contributed by atoms with E-state index in [1.165, 1.54) is 18.1 Å². The summed E-state index contributed by atoms with van der Waals surface area (Å²) < 4.78 is 6.55. The SMILES string of the molecule is CC[Si](CC)(CC)OC(C(C)C)C(C)C. The predicted octanol–water partition coefficient (Wildman–Crippen LogP) is 4.69. The van der Waals surface area contributed by atoms with Crippen molar-refractivity contribution in [1.82, 2.24) is 0 Å². The molecule has 0 spiro atoms. The van der Waals surface area contributed by atoms with E-state index in [1.807, 2.05) is 0 Å². The van der Waals surface area contributed by atoms with Gasteiger partial charge in [-0.15, -0.1) is 0 Å². The average molecular weight is 230 g/mol.